The molecule has 1 N–H and O–H groups in total. The molecule has 0 radical (unpaired) electrons. The van der Waals surface area contributed by atoms with Crippen LogP contribution in [-0.4, -0.2) is 34.4 Å². The van der Waals surface area contributed by atoms with Gasteiger partial charge in [0.05, 0.1) is 18.3 Å². The summed E-state index contributed by atoms with van der Waals surface area (Å²) in [6.07, 6.45) is 6.77. The van der Waals surface area contributed by atoms with Crippen LogP contribution in [0.3, 0.4) is 0 Å². The second kappa shape index (κ2) is 18.4. The second-order valence-corrected chi connectivity index (χ2v) is 11.5. The summed E-state index contributed by atoms with van der Waals surface area (Å²) < 4.78 is 6.08. The smallest absolute Gasteiger partial charge is 0.137 e. The predicted molar refractivity (Wildman–Crippen MR) is 180 cm³/mol. The Bertz CT molecular complexity index is 1350. The van der Waals surface area contributed by atoms with Crippen LogP contribution in [0.15, 0.2) is 78.2 Å². The van der Waals surface area contributed by atoms with Gasteiger partial charge in [0.1, 0.15) is 23.7 Å². The van der Waals surface area contributed by atoms with Crippen molar-refractivity contribution in [3.63, 3.8) is 0 Å². The first kappa shape index (κ1) is 34.2. The molecule has 1 atom stereocenters. The number of aliphatic hydroxyl groups is 1. The van der Waals surface area contributed by atoms with Crippen LogP contribution in [0.4, 0.5) is 0 Å². The third kappa shape index (κ3) is 9.59. The molecule has 6 heteroatoms. The summed E-state index contributed by atoms with van der Waals surface area (Å²) in [5, 5.41) is 10.1. The molecule has 0 aliphatic carbocycles. The van der Waals surface area contributed by atoms with Gasteiger partial charge in [-0.2, -0.15) is 0 Å². The Balaban J connectivity index is 0.00000121. The zero-order valence-corrected chi connectivity index (χ0v) is 27.3. The number of ether oxygens (including phenoxy) is 1. The fraction of sp³-hybridized carbons (Fsp3) is 0.405. The van der Waals surface area contributed by atoms with Gasteiger partial charge < -0.3 is 14.6 Å². The van der Waals surface area contributed by atoms with Gasteiger partial charge in [-0.05, 0) is 59.6 Å². The van der Waals surface area contributed by atoms with Crippen LogP contribution >= 0.6 is 11.3 Å². The average molecular weight is 601 g/mol. The highest BCUT2D eigenvalue weighted by Crippen LogP contribution is 2.29. The summed E-state index contributed by atoms with van der Waals surface area (Å²) in [6.45, 7) is 10.5. The molecule has 0 saturated carbocycles. The Morgan fingerprint density at radius 1 is 0.953 bits per heavy atom. The highest BCUT2D eigenvalue weighted by Gasteiger charge is 2.26. The van der Waals surface area contributed by atoms with E-state index in [2.05, 4.69) is 96.9 Å². The lowest BCUT2D eigenvalue weighted by molar-refractivity contribution is -0.113. The number of fused-ring (bicyclic) bond motifs is 1. The summed E-state index contributed by atoms with van der Waals surface area (Å²) >= 11 is 1.66. The molecule has 0 bridgehead atoms. The molecule has 0 spiro atoms. The standard InChI is InChI=1S/C34H38N2O2S.C2H6.CH4O/c1-3-7-26(8-4-2)27-15-17-32(18-16-27)38-23-25-11-13-28(14-12-25)33-24-39-34(35-33)21-36-20-30-10-6-5-9-29(30)19-31(36)22-37;2*1-2/h5-6,9-18,22,24,26,31H,3-4,7-8,19-21,23H2,1-2H3;1-2H3;2H,1H3. The summed E-state index contributed by atoms with van der Waals surface area (Å²) in [5.41, 5.74) is 7.21. The zero-order valence-electron chi connectivity index (χ0n) is 26.5. The minimum atomic E-state index is -0.100. The molecule has 43 heavy (non-hydrogen) atoms. The minimum Gasteiger partial charge on any atom is -0.489 e. The maximum absolute atomic E-state index is 11.8. The quantitative estimate of drug-likeness (QED) is 0.165. The lowest BCUT2D eigenvalue weighted by Gasteiger charge is -2.33. The van der Waals surface area contributed by atoms with Gasteiger partial charge in [-0.15, -0.1) is 11.3 Å². The Hall–Kier alpha value is -3.32. The van der Waals surface area contributed by atoms with E-state index < -0.39 is 0 Å². The monoisotopic (exact) mass is 600 g/mol. The van der Waals surface area contributed by atoms with Crippen molar-refractivity contribution in [2.75, 3.05) is 7.11 Å². The summed E-state index contributed by atoms with van der Waals surface area (Å²) in [4.78, 5) is 18.9. The van der Waals surface area contributed by atoms with Crippen LogP contribution in [0.1, 0.15) is 86.6 Å². The molecular formula is C37H48N2O3S. The van der Waals surface area contributed by atoms with Gasteiger partial charge >= 0.3 is 0 Å². The fourth-order valence-electron chi connectivity index (χ4n) is 5.55. The zero-order chi connectivity index (χ0) is 31.0. The number of aromatic nitrogens is 1. The highest BCUT2D eigenvalue weighted by atomic mass is 32.1. The maximum atomic E-state index is 11.8. The lowest BCUT2D eigenvalue weighted by atomic mass is 9.90. The largest absolute Gasteiger partial charge is 0.489 e. The number of hydrogen-bond donors (Lipinski definition) is 1. The Labute approximate surface area is 262 Å². The van der Waals surface area contributed by atoms with Gasteiger partial charge in [0, 0.05) is 24.6 Å². The van der Waals surface area contributed by atoms with Gasteiger partial charge in [0.25, 0.3) is 0 Å². The SMILES string of the molecule is CC.CCCC(CCC)c1ccc(OCc2ccc(-c3csc(CN4Cc5ccccc5CC4C=O)n3)cc2)cc1.CO. The van der Waals surface area contributed by atoms with Gasteiger partial charge in [0.2, 0.25) is 0 Å². The summed E-state index contributed by atoms with van der Waals surface area (Å²) in [6, 6.07) is 25.5. The number of carbonyl (C=O) groups excluding carboxylic acids is 1. The normalized spacial score (nSPS) is 14.2. The van der Waals surface area contributed by atoms with E-state index in [1.54, 1.807) is 11.3 Å². The molecule has 0 fully saturated rings. The molecule has 230 valence electrons. The lowest BCUT2D eigenvalue weighted by Crippen LogP contribution is -2.40. The molecule has 5 rings (SSSR count). The number of benzene rings is 3. The van der Waals surface area contributed by atoms with Crippen LogP contribution in [0, 0.1) is 0 Å². The Kier molecular flexibility index (Phi) is 14.6. The number of rotatable bonds is 12. The maximum Gasteiger partial charge on any atom is 0.137 e. The van der Waals surface area contributed by atoms with Crippen LogP contribution in [-0.2, 0) is 30.9 Å². The van der Waals surface area contributed by atoms with Crippen molar-refractivity contribution in [3.8, 4) is 17.0 Å². The average Bonchev–Trinajstić information content (AvgIpc) is 3.54. The van der Waals surface area contributed by atoms with Crippen molar-refractivity contribution < 1.29 is 14.6 Å². The molecule has 2 heterocycles. The first-order valence-electron chi connectivity index (χ1n) is 15.6. The number of aldehydes is 1. The van der Waals surface area contributed by atoms with Crippen molar-refractivity contribution in [3.05, 3.63) is 105 Å². The molecule has 1 aromatic heterocycles. The van der Waals surface area contributed by atoms with E-state index in [-0.39, 0.29) is 6.04 Å². The fourth-order valence-corrected chi connectivity index (χ4v) is 6.38. The molecule has 1 aliphatic rings. The second-order valence-electron chi connectivity index (χ2n) is 10.5. The number of hydrogen-bond acceptors (Lipinski definition) is 6. The molecular weight excluding hydrogens is 552 g/mol. The third-order valence-corrected chi connectivity index (χ3v) is 8.55. The number of nitrogens with zero attached hydrogens (tertiary/aromatic N) is 2. The molecule has 4 aromatic rings. The van der Waals surface area contributed by atoms with E-state index >= 15 is 0 Å². The van der Waals surface area contributed by atoms with Crippen molar-refractivity contribution in [2.45, 2.75) is 91.5 Å². The van der Waals surface area contributed by atoms with Crippen LogP contribution < -0.4 is 4.74 Å². The summed E-state index contributed by atoms with van der Waals surface area (Å²) in [7, 11) is 1.00. The van der Waals surface area contributed by atoms with Crippen molar-refractivity contribution in [2.24, 2.45) is 0 Å². The molecule has 1 unspecified atom stereocenters. The van der Waals surface area contributed by atoms with E-state index in [1.807, 2.05) is 13.8 Å². The predicted octanol–water partition coefficient (Wildman–Crippen LogP) is 8.83. The van der Waals surface area contributed by atoms with Crippen LogP contribution in [0.2, 0.25) is 0 Å². The van der Waals surface area contributed by atoms with Crippen molar-refractivity contribution in [1.82, 2.24) is 9.88 Å². The van der Waals surface area contributed by atoms with E-state index in [9.17, 15) is 4.79 Å². The van der Waals surface area contributed by atoms with Crippen molar-refractivity contribution in [1.29, 1.82) is 0 Å². The summed E-state index contributed by atoms with van der Waals surface area (Å²) in [5.74, 6) is 1.56. The first-order chi connectivity index (χ1) is 21.2. The van der Waals surface area contributed by atoms with E-state index in [0.717, 1.165) is 53.9 Å². The number of carbonyl (C=O) groups is 1. The van der Waals surface area contributed by atoms with Gasteiger partial charge in [-0.25, -0.2) is 4.98 Å². The molecule has 3 aromatic carbocycles. The molecule has 5 nitrogen and oxygen atoms in total. The Morgan fingerprint density at radius 2 is 1.60 bits per heavy atom. The topological polar surface area (TPSA) is 62.7 Å². The molecule has 0 saturated heterocycles. The van der Waals surface area contributed by atoms with E-state index in [0.29, 0.717) is 19.1 Å². The third-order valence-electron chi connectivity index (χ3n) is 7.72. The van der Waals surface area contributed by atoms with Gasteiger partial charge in [0.15, 0.2) is 0 Å². The first-order valence-corrected chi connectivity index (χ1v) is 16.5. The van der Waals surface area contributed by atoms with Crippen LogP contribution in [0.25, 0.3) is 11.3 Å². The van der Waals surface area contributed by atoms with Gasteiger partial charge in [-0.1, -0.05) is 101 Å². The van der Waals surface area contributed by atoms with E-state index in [4.69, 9.17) is 14.8 Å². The minimum absolute atomic E-state index is 0.100. The molecule has 0 amide bonds. The van der Waals surface area contributed by atoms with Gasteiger partial charge in [-0.3, -0.25) is 4.90 Å². The van der Waals surface area contributed by atoms with E-state index in [1.165, 1.54) is 42.4 Å². The molecule has 1 aliphatic heterocycles. The van der Waals surface area contributed by atoms with Crippen molar-refractivity contribution >= 4 is 17.6 Å². The highest BCUT2D eigenvalue weighted by molar-refractivity contribution is 7.09. The number of thiazole rings is 1. The van der Waals surface area contributed by atoms with Crippen LogP contribution in [0.5, 0.6) is 5.75 Å². The Morgan fingerprint density at radius 3 is 2.23 bits per heavy atom. The number of aliphatic hydroxyl groups excluding tert-OH is 1.